The summed E-state index contributed by atoms with van der Waals surface area (Å²) >= 11 is 0. The molecule has 8 nitrogen and oxygen atoms in total. The van der Waals surface area contributed by atoms with Gasteiger partial charge in [-0.1, -0.05) is 13.3 Å². The van der Waals surface area contributed by atoms with E-state index in [1.807, 2.05) is 13.8 Å². The number of hydrogen-bond donors (Lipinski definition) is 0. The van der Waals surface area contributed by atoms with Crippen molar-refractivity contribution in [3.05, 3.63) is 24.3 Å². The number of carbonyl (C=O) groups excluding carboxylic acids is 4. The summed E-state index contributed by atoms with van der Waals surface area (Å²) in [6.07, 6.45) is 1.76. The van der Waals surface area contributed by atoms with Crippen LogP contribution in [-0.2, 0) is 14.4 Å². The molecule has 5 amide bonds. The van der Waals surface area contributed by atoms with Gasteiger partial charge in [0.05, 0.1) is 12.8 Å². The Morgan fingerprint density at radius 3 is 2.27 bits per heavy atom. The Hall–Kier alpha value is -2.90. The number of nitrogens with zero attached hydrogens (tertiary/aromatic N) is 3. The maximum Gasteiger partial charge on any atom is 0.339 e. The quantitative estimate of drug-likeness (QED) is 0.519. The Morgan fingerprint density at radius 1 is 1.08 bits per heavy atom. The van der Waals surface area contributed by atoms with Crippen molar-refractivity contribution < 1.29 is 23.9 Å². The van der Waals surface area contributed by atoms with Gasteiger partial charge in [-0.05, 0) is 37.6 Å². The summed E-state index contributed by atoms with van der Waals surface area (Å²) in [4.78, 5) is 52.4. The van der Waals surface area contributed by atoms with Crippen LogP contribution in [-0.4, -0.2) is 60.3 Å². The minimum absolute atomic E-state index is 0.252. The van der Waals surface area contributed by atoms with E-state index in [4.69, 9.17) is 4.74 Å². The Balaban J connectivity index is 2.15. The molecule has 1 fully saturated rings. The van der Waals surface area contributed by atoms with Gasteiger partial charge < -0.3 is 9.64 Å². The number of benzene rings is 1. The van der Waals surface area contributed by atoms with E-state index in [-0.39, 0.29) is 11.6 Å². The molecule has 0 N–H and O–H groups in total. The molecule has 1 aliphatic rings. The van der Waals surface area contributed by atoms with Crippen LogP contribution in [0, 0.1) is 0 Å². The number of carbonyl (C=O) groups is 4. The van der Waals surface area contributed by atoms with Crippen LogP contribution in [0.25, 0.3) is 0 Å². The zero-order valence-corrected chi connectivity index (χ0v) is 15.2. The number of likely N-dealkylation sites (N-methyl/N-ethyl adjacent to an activating group) is 1. The van der Waals surface area contributed by atoms with Gasteiger partial charge in [0.2, 0.25) is 5.91 Å². The minimum Gasteiger partial charge on any atom is -0.497 e. The number of hydrogen-bond acceptors (Lipinski definition) is 5. The van der Waals surface area contributed by atoms with Gasteiger partial charge in [-0.25, -0.2) is 14.6 Å². The smallest absolute Gasteiger partial charge is 0.339 e. The second-order valence-electron chi connectivity index (χ2n) is 5.84. The SMILES string of the molecule is CCCCN(CC)C(=O)CN1C(=O)C(=O)N(c2ccc(OC)cc2)C1=O. The van der Waals surface area contributed by atoms with Crippen molar-refractivity contribution in [1.82, 2.24) is 9.80 Å². The van der Waals surface area contributed by atoms with Crippen molar-refractivity contribution >= 4 is 29.4 Å². The summed E-state index contributed by atoms with van der Waals surface area (Å²) in [6.45, 7) is 4.43. The maximum atomic E-state index is 12.5. The standard InChI is InChI=1S/C18H23N3O5/c1-4-6-11-19(5-2)15(22)12-20-16(23)17(24)21(18(20)25)13-7-9-14(26-3)10-8-13/h7-10H,4-6,11-12H2,1-3H3. The highest BCUT2D eigenvalue weighted by Crippen LogP contribution is 2.24. The van der Waals surface area contributed by atoms with Gasteiger partial charge in [0.15, 0.2) is 0 Å². The lowest BCUT2D eigenvalue weighted by atomic mass is 10.3. The van der Waals surface area contributed by atoms with Crippen molar-refractivity contribution in [2.75, 3.05) is 31.6 Å². The minimum atomic E-state index is -0.995. The molecule has 0 atom stereocenters. The average Bonchev–Trinajstić information content (AvgIpc) is 2.86. The van der Waals surface area contributed by atoms with Gasteiger partial charge in [0, 0.05) is 13.1 Å². The third-order valence-electron chi connectivity index (χ3n) is 4.19. The van der Waals surface area contributed by atoms with Crippen LogP contribution < -0.4 is 9.64 Å². The summed E-state index contributed by atoms with van der Waals surface area (Å²) in [5, 5.41) is 0. The van der Waals surface area contributed by atoms with Gasteiger partial charge in [-0.2, -0.15) is 0 Å². The fourth-order valence-electron chi connectivity index (χ4n) is 2.65. The first-order chi connectivity index (χ1) is 12.4. The lowest BCUT2D eigenvalue weighted by Crippen LogP contribution is -2.43. The van der Waals surface area contributed by atoms with E-state index in [0.717, 1.165) is 17.7 Å². The van der Waals surface area contributed by atoms with Gasteiger partial charge in [0.1, 0.15) is 12.3 Å². The van der Waals surface area contributed by atoms with E-state index >= 15 is 0 Å². The Labute approximate surface area is 152 Å². The molecular weight excluding hydrogens is 338 g/mol. The topological polar surface area (TPSA) is 87.2 Å². The first kappa shape index (κ1) is 19.4. The van der Waals surface area contributed by atoms with Gasteiger partial charge in [-0.3, -0.25) is 14.4 Å². The highest BCUT2D eigenvalue weighted by atomic mass is 16.5. The van der Waals surface area contributed by atoms with Gasteiger partial charge >= 0.3 is 17.8 Å². The molecule has 2 rings (SSSR count). The number of unbranched alkanes of at least 4 members (excludes halogenated alkanes) is 1. The predicted molar refractivity (Wildman–Crippen MR) is 94.8 cm³/mol. The van der Waals surface area contributed by atoms with Gasteiger partial charge in [-0.15, -0.1) is 0 Å². The van der Waals surface area contributed by atoms with Crippen molar-refractivity contribution in [2.45, 2.75) is 26.7 Å². The summed E-state index contributed by atoms with van der Waals surface area (Å²) in [5.41, 5.74) is 0.252. The number of amides is 5. The molecule has 0 spiro atoms. The number of imide groups is 2. The normalized spacial score (nSPS) is 14.2. The van der Waals surface area contributed by atoms with E-state index in [0.29, 0.717) is 23.7 Å². The Bertz CT molecular complexity index is 701. The van der Waals surface area contributed by atoms with E-state index < -0.39 is 24.4 Å². The molecule has 1 saturated heterocycles. The molecule has 0 unspecified atom stereocenters. The van der Waals surface area contributed by atoms with E-state index in [1.54, 1.807) is 17.0 Å². The zero-order chi connectivity index (χ0) is 19.3. The van der Waals surface area contributed by atoms with Crippen molar-refractivity contribution in [3.63, 3.8) is 0 Å². The molecule has 1 aromatic carbocycles. The summed E-state index contributed by atoms with van der Waals surface area (Å²) in [7, 11) is 1.50. The molecule has 1 aliphatic heterocycles. The fraction of sp³-hybridized carbons (Fsp3) is 0.444. The lowest BCUT2D eigenvalue weighted by molar-refractivity contribution is -0.142. The number of urea groups is 1. The molecule has 0 radical (unpaired) electrons. The van der Waals surface area contributed by atoms with Crippen LogP contribution >= 0.6 is 0 Å². The molecule has 8 heteroatoms. The molecule has 140 valence electrons. The first-order valence-corrected chi connectivity index (χ1v) is 8.56. The Morgan fingerprint density at radius 2 is 1.73 bits per heavy atom. The van der Waals surface area contributed by atoms with Crippen molar-refractivity contribution in [3.8, 4) is 5.75 Å². The van der Waals surface area contributed by atoms with Crippen LogP contribution in [0.5, 0.6) is 5.75 Å². The number of anilines is 1. The largest absolute Gasteiger partial charge is 0.497 e. The predicted octanol–water partition coefficient (Wildman–Crippen LogP) is 1.64. The second kappa shape index (κ2) is 8.46. The molecule has 0 saturated carbocycles. The Kier molecular flexibility index (Phi) is 6.32. The lowest BCUT2D eigenvalue weighted by Gasteiger charge is -2.23. The third-order valence-corrected chi connectivity index (χ3v) is 4.19. The van der Waals surface area contributed by atoms with Crippen LogP contribution in [0.3, 0.4) is 0 Å². The number of methoxy groups -OCH3 is 1. The first-order valence-electron chi connectivity index (χ1n) is 8.56. The maximum absolute atomic E-state index is 12.5. The molecule has 0 aromatic heterocycles. The van der Waals surface area contributed by atoms with E-state index in [9.17, 15) is 19.2 Å². The van der Waals surface area contributed by atoms with E-state index in [1.165, 1.54) is 19.2 Å². The molecule has 0 aliphatic carbocycles. The van der Waals surface area contributed by atoms with Crippen LogP contribution in [0.15, 0.2) is 24.3 Å². The third kappa shape index (κ3) is 3.84. The molecular formula is C18H23N3O5. The fourth-order valence-corrected chi connectivity index (χ4v) is 2.65. The van der Waals surface area contributed by atoms with Crippen LogP contribution in [0.4, 0.5) is 10.5 Å². The average molecular weight is 361 g/mol. The summed E-state index contributed by atoms with van der Waals surface area (Å²) < 4.78 is 5.04. The number of rotatable bonds is 8. The molecule has 0 bridgehead atoms. The highest BCUT2D eigenvalue weighted by Gasteiger charge is 2.46. The monoisotopic (exact) mass is 361 g/mol. The highest BCUT2D eigenvalue weighted by molar-refractivity contribution is 6.53. The zero-order valence-electron chi connectivity index (χ0n) is 15.2. The molecule has 26 heavy (non-hydrogen) atoms. The molecule has 1 aromatic rings. The van der Waals surface area contributed by atoms with Gasteiger partial charge in [0.25, 0.3) is 0 Å². The molecule has 1 heterocycles. The van der Waals surface area contributed by atoms with Crippen LogP contribution in [0.2, 0.25) is 0 Å². The van der Waals surface area contributed by atoms with Crippen LogP contribution in [0.1, 0.15) is 26.7 Å². The summed E-state index contributed by atoms with van der Waals surface area (Å²) in [5.74, 6) is -1.76. The second-order valence-corrected chi connectivity index (χ2v) is 5.84. The number of ether oxygens (including phenoxy) is 1. The van der Waals surface area contributed by atoms with E-state index in [2.05, 4.69) is 0 Å². The van der Waals surface area contributed by atoms with Crippen molar-refractivity contribution in [2.24, 2.45) is 0 Å². The summed E-state index contributed by atoms with van der Waals surface area (Å²) in [6, 6.07) is 5.36. The van der Waals surface area contributed by atoms with Crippen molar-refractivity contribution in [1.29, 1.82) is 0 Å².